The topological polar surface area (TPSA) is 35.5 Å². The third-order valence-corrected chi connectivity index (χ3v) is 3.83. The first-order valence-electron chi connectivity index (χ1n) is 6.74. The molecule has 2 rings (SSSR count). The second-order valence-electron chi connectivity index (χ2n) is 6.44. The SMILES string of the molecule is COc1cc(C(=O)C2CC(C)(C)OC2(C)C)ccc1F. The molecule has 0 N–H and O–H groups in total. The summed E-state index contributed by atoms with van der Waals surface area (Å²) in [6.07, 6.45) is 0.651. The second-order valence-corrected chi connectivity index (χ2v) is 6.44. The van der Waals surface area contributed by atoms with Crippen LogP contribution in [0.2, 0.25) is 0 Å². The Bertz CT molecular complexity index is 535. The van der Waals surface area contributed by atoms with E-state index in [4.69, 9.17) is 9.47 Å². The fourth-order valence-corrected chi connectivity index (χ4v) is 2.98. The molecule has 1 fully saturated rings. The van der Waals surface area contributed by atoms with Gasteiger partial charge in [0.1, 0.15) is 0 Å². The van der Waals surface area contributed by atoms with Crippen molar-refractivity contribution in [3.8, 4) is 5.75 Å². The van der Waals surface area contributed by atoms with Crippen molar-refractivity contribution >= 4 is 5.78 Å². The van der Waals surface area contributed by atoms with Crippen molar-refractivity contribution in [1.82, 2.24) is 0 Å². The van der Waals surface area contributed by atoms with Crippen molar-refractivity contribution < 1.29 is 18.7 Å². The van der Waals surface area contributed by atoms with Crippen LogP contribution in [-0.4, -0.2) is 24.1 Å². The highest BCUT2D eigenvalue weighted by Gasteiger charge is 2.49. The van der Waals surface area contributed by atoms with Gasteiger partial charge in [-0.3, -0.25) is 4.79 Å². The highest BCUT2D eigenvalue weighted by atomic mass is 19.1. The van der Waals surface area contributed by atoms with Gasteiger partial charge >= 0.3 is 0 Å². The van der Waals surface area contributed by atoms with Crippen molar-refractivity contribution in [2.24, 2.45) is 5.92 Å². The molecule has 1 aliphatic rings. The first-order chi connectivity index (χ1) is 9.16. The lowest BCUT2D eigenvalue weighted by molar-refractivity contribution is -0.0712. The van der Waals surface area contributed by atoms with Gasteiger partial charge in [-0.05, 0) is 52.3 Å². The Balaban J connectivity index is 2.32. The van der Waals surface area contributed by atoms with Gasteiger partial charge in [0, 0.05) is 5.56 Å². The number of carbonyl (C=O) groups excluding carboxylic acids is 1. The third-order valence-electron chi connectivity index (χ3n) is 3.83. The van der Waals surface area contributed by atoms with E-state index in [0.29, 0.717) is 12.0 Å². The predicted molar refractivity (Wildman–Crippen MR) is 74.6 cm³/mol. The summed E-state index contributed by atoms with van der Waals surface area (Å²) in [6.45, 7) is 7.80. The normalized spacial score (nSPS) is 23.6. The van der Waals surface area contributed by atoms with Crippen molar-refractivity contribution in [3.05, 3.63) is 29.6 Å². The average Bonchev–Trinajstić information content (AvgIpc) is 2.57. The number of rotatable bonds is 3. The van der Waals surface area contributed by atoms with Crippen molar-refractivity contribution in [2.45, 2.75) is 45.3 Å². The molecule has 0 aromatic heterocycles. The predicted octanol–water partition coefficient (Wildman–Crippen LogP) is 3.61. The van der Waals surface area contributed by atoms with Crippen LogP contribution in [0.4, 0.5) is 4.39 Å². The molecular formula is C16H21FO3. The van der Waals surface area contributed by atoms with Crippen LogP contribution < -0.4 is 4.74 Å². The smallest absolute Gasteiger partial charge is 0.169 e. The Morgan fingerprint density at radius 2 is 2.00 bits per heavy atom. The molecule has 1 atom stereocenters. The van der Waals surface area contributed by atoms with Crippen molar-refractivity contribution in [2.75, 3.05) is 7.11 Å². The summed E-state index contributed by atoms with van der Waals surface area (Å²) < 4.78 is 24.3. The van der Waals surface area contributed by atoms with E-state index in [1.54, 1.807) is 0 Å². The summed E-state index contributed by atoms with van der Waals surface area (Å²) in [5, 5.41) is 0. The number of hydrogen-bond acceptors (Lipinski definition) is 3. The maximum Gasteiger partial charge on any atom is 0.169 e. The van der Waals surface area contributed by atoms with E-state index in [0.717, 1.165) is 0 Å². The Morgan fingerprint density at radius 1 is 1.35 bits per heavy atom. The van der Waals surface area contributed by atoms with Gasteiger partial charge in [0.05, 0.1) is 24.2 Å². The molecule has 0 bridgehead atoms. The first kappa shape index (κ1) is 15.0. The van der Waals surface area contributed by atoms with E-state index in [9.17, 15) is 9.18 Å². The monoisotopic (exact) mass is 280 g/mol. The molecule has 1 heterocycles. The van der Waals surface area contributed by atoms with Gasteiger partial charge in [-0.2, -0.15) is 0 Å². The Labute approximate surface area is 119 Å². The first-order valence-corrected chi connectivity index (χ1v) is 6.74. The molecular weight excluding hydrogens is 259 g/mol. The van der Waals surface area contributed by atoms with Gasteiger partial charge in [-0.1, -0.05) is 0 Å². The zero-order valence-electron chi connectivity index (χ0n) is 12.6. The van der Waals surface area contributed by atoms with E-state index in [2.05, 4.69) is 0 Å². The molecule has 1 aliphatic heterocycles. The number of halogens is 1. The quantitative estimate of drug-likeness (QED) is 0.793. The highest BCUT2D eigenvalue weighted by molar-refractivity contribution is 5.99. The van der Waals surface area contributed by atoms with E-state index >= 15 is 0 Å². The zero-order valence-corrected chi connectivity index (χ0v) is 12.6. The minimum Gasteiger partial charge on any atom is -0.494 e. The Morgan fingerprint density at radius 3 is 2.50 bits per heavy atom. The molecule has 110 valence electrons. The van der Waals surface area contributed by atoms with Crippen molar-refractivity contribution in [3.63, 3.8) is 0 Å². The molecule has 1 saturated heterocycles. The molecule has 0 radical (unpaired) electrons. The van der Waals surface area contributed by atoms with Crippen molar-refractivity contribution in [1.29, 1.82) is 0 Å². The summed E-state index contributed by atoms with van der Waals surface area (Å²) in [5.41, 5.74) is -0.390. The molecule has 1 unspecified atom stereocenters. The fraction of sp³-hybridized carbons (Fsp3) is 0.562. The van der Waals surface area contributed by atoms with E-state index in [1.807, 2.05) is 27.7 Å². The number of methoxy groups -OCH3 is 1. The molecule has 20 heavy (non-hydrogen) atoms. The molecule has 0 spiro atoms. The minimum atomic E-state index is -0.526. The highest BCUT2D eigenvalue weighted by Crippen LogP contribution is 2.43. The second kappa shape index (κ2) is 4.85. The van der Waals surface area contributed by atoms with Crippen LogP contribution in [-0.2, 0) is 4.74 Å². The molecule has 0 saturated carbocycles. The molecule has 3 nitrogen and oxygen atoms in total. The number of carbonyl (C=O) groups is 1. The van der Waals surface area contributed by atoms with Gasteiger partial charge in [0.25, 0.3) is 0 Å². The van der Waals surface area contributed by atoms with Gasteiger partial charge in [0.2, 0.25) is 0 Å². The summed E-state index contributed by atoms with van der Waals surface area (Å²) in [7, 11) is 1.39. The lowest BCUT2D eigenvalue weighted by Crippen LogP contribution is -2.33. The van der Waals surface area contributed by atoms with Crippen LogP contribution in [0.25, 0.3) is 0 Å². The van der Waals surface area contributed by atoms with Gasteiger partial charge < -0.3 is 9.47 Å². The summed E-state index contributed by atoms with van der Waals surface area (Å²) in [6, 6.07) is 4.22. The average molecular weight is 280 g/mol. The number of Topliss-reactive ketones (excluding diaryl/α,β-unsaturated/α-hetero) is 1. The van der Waals surface area contributed by atoms with Crippen LogP contribution in [0, 0.1) is 11.7 Å². The Kier molecular flexibility index (Phi) is 3.63. The van der Waals surface area contributed by atoms with E-state index in [-0.39, 0.29) is 23.1 Å². The fourth-order valence-electron chi connectivity index (χ4n) is 2.98. The summed E-state index contributed by atoms with van der Waals surface area (Å²) in [4.78, 5) is 12.7. The lowest BCUT2D eigenvalue weighted by Gasteiger charge is -2.26. The number of hydrogen-bond donors (Lipinski definition) is 0. The van der Waals surface area contributed by atoms with Crippen LogP contribution in [0.5, 0.6) is 5.75 Å². The zero-order chi connectivity index (χ0) is 15.1. The molecule has 4 heteroatoms. The van der Waals surface area contributed by atoms with Gasteiger partial charge in [-0.25, -0.2) is 4.39 Å². The summed E-state index contributed by atoms with van der Waals surface area (Å²) >= 11 is 0. The largest absolute Gasteiger partial charge is 0.494 e. The maximum absolute atomic E-state index is 13.4. The van der Waals surface area contributed by atoms with E-state index < -0.39 is 11.4 Å². The van der Waals surface area contributed by atoms with Crippen LogP contribution in [0.3, 0.4) is 0 Å². The lowest BCUT2D eigenvalue weighted by atomic mass is 9.81. The van der Waals surface area contributed by atoms with Gasteiger partial charge in [-0.15, -0.1) is 0 Å². The number of ketones is 1. The number of benzene rings is 1. The van der Waals surface area contributed by atoms with Crippen LogP contribution in [0.15, 0.2) is 18.2 Å². The van der Waals surface area contributed by atoms with Crippen LogP contribution in [0.1, 0.15) is 44.5 Å². The summed E-state index contributed by atoms with van der Waals surface area (Å²) in [5.74, 6) is -0.648. The molecule has 0 aliphatic carbocycles. The molecule has 0 amide bonds. The van der Waals surface area contributed by atoms with E-state index in [1.165, 1.54) is 25.3 Å². The Hall–Kier alpha value is -1.42. The molecule has 1 aromatic carbocycles. The van der Waals surface area contributed by atoms with Gasteiger partial charge in [0.15, 0.2) is 17.3 Å². The third kappa shape index (κ3) is 2.70. The standard InChI is InChI=1S/C16H21FO3/c1-15(2)9-11(16(3,4)20-15)14(18)10-6-7-12(17)13(8-10)19-5/h6-8,11H,9H2,1-5H3. The maximum atomic E-state index is 13.4. The van der Waals surface area contributed by atoms with Crippen LogP contribution >= 0.6 is 0 Å². The minimum absolute atomic E-state index is 0.0288. The number of ether oxygens (including phenoxy) is 2. The molecule has 1 aromatic rings.